The van der Waals surface area contributed by atoms with Gasteiger partial charge in [0.2, 0.25) is 0 Å². The van der Waals surface area contributed by atoms with Gasteiger partial charge in [0.15, 0.2) is 11.7 Å². The molecule has 0 aliphatic carbocycles. The van der Waals surface area contributed by atoms with Gasteiger partial charge in [0.1, 0.15) is 5.01 Å². The molecule has 0 aliphatic heterocycles. The van der Waals surface area contributed by atoms with Crippen LogP contribution in [-0.4, -0.2) is 29.0 Å². The van der Waals surface area contributed by atoms with Crippen LogP contribution in [0.3, 0.4) is 0 Å². The quantitative estimate of drug-likeness (QED) is 0.584. The van der Waals surface area contributed by atoms with Crippen molar-refractivity contribution >= 4 is 28.6 Å². The molecule has 2 heterocycles. The lowest BCUT2D eigenvalue weighted by molar-refractivity contribution is -0.140. The lowest BCUT2D eigenvalue weighted by Gasteiger charge is -2.10. The molecule has 2 N–H and O–H groups in total. The van der Waals surface area contributed by atoms with Crippen molar-refractivity contribution in [3.8, 4) is 0 Å². The van der Waals surface area contributed by atoms with Gasteiger partial charge in [-0.2, -0.15) is 13.2 Å². The van der Waals surface area contributed by atoms with E-state index < -0.39 is 11.9 Å². The molecule has 0 aliphatic rings. The molecular formula is C15H20F3N5S2. The van der Waals surface area contributed by atoms with Crippen molar-refractivity contribution in [3.63, 3.8) is 0 Å². The number of nitrogens with one attached hydrogen (secondary N) is 2. The number of hydrogen-bond acceptors (Lipinski definition) is 5. The van der Waals surface area contributed by atoms with Crippen molar-refractivity contribution in [3.05, 3.63) is 31.7 Å². The lowest BCUT2D eigenvalue weighted by atomic mass is 10.4. The molecule has 0 fully saturated rings. The van der Waals surface area contributed by atoms with Crippen LogP contribution in [0.1, 0.15) is 33.2 Å². The largest absolute Gasteiger partial charge is 0.434 e. The lowest BCUT2D eigenvalue weighted by Crippen LogP contribution is -2.38. The fourth-order valence-electron chi connectivity index (χ4n) is 1.94. The summed E-state index contributed by atoms with van der Waals surface area (Å²) in [5.41, 5.74) is 0.181. The summed E-state index contributed by atoms with van der Waals surface area (Å²) in [5, 5.41) is 8.63. The SMILES string of the molecule is CCNC(=NCc1nc(C(F)(F)F)cs1)NCCc1nc(C)c(C)s1. The van der Waals surface area contributed by atoms with Crippen LogP contribution >= 0.6 is 22.7 Å². The molecular weight excluding hydrogens is 371 g/mol. The summed E-state index contributed by atoms with van der Waals surface area (Å²) in [7, 11) is 0. The predicted octanol–water partition coefficient (Wildman–Crippen LogP) is 3.53. The summed E-state index contributed by atoms with van der Waals surface area (Å²) in [6.45, 7) is 7.36. The molecule has 0 amide bonds. The number of aryl methyl sites for hydroxylation is 2. The highest BCUT2D eigenvalue weighted by molar-refractivity contribution is 7.11. The van der Waals surface area contributed by atoms with Crippen LogP contribution in [0.4, 0.5) is 13.2 Å². The average molecular weight is 391 g/mol. The van der Waals surface area contributed by atoms with E-state index in [4.69, 9.17) is 0 Å². The van der Waals surface area contributed by atoms with E-state index in [0.717, 1.165) is 33.8 Å². The van der Waals surface area contributed by atoms with E-state index in [1.807, 2.05) is 20.8 Å². The van der Waals surface area contributed by atoms with Crippen LogP contribution in [0, 0.1) is 13.8 Å². The molecule has 138 valence electrons. The highest BCUT2D eigenvalue weighted by atomic mass is 32.1. The van der Waals surface area contributed by atoms with Gasteiger partial charge in [-0.15, -0.1) is 22.7 Å². The third-order valence-electron chi connectivity index (χ3n) is 3.26. The van der Waals surface area contributed by atoms with Gasteiger partial charge in [0.25, 0.3) is 0 Å². The number of nitrogens with zero attached hydrogens (tertiary/aromatic N) is 3. The minimum Gasteiger partial charge on any atom is -0.357 e. The van der Waals surface area contributed by atoms with Crippen LogP contribution in [-0.2, 0) is 19.1 Å². The number of alkyl halides is 3. The molecule has 0 saturated carbocycles. The Morgan fingerprint density at radius 2 is 1.96 bits per heavy atom. The van der Waals surface area contributed by atoms with Crippen molar-refractivity contribution < 1.29 is 13.2 Å². The maximum atomic E-state index is 12.6. The number of halogens is 3. The molecule has 0 saturated heterocycles. The Morgan fingerprint density at radius 3 is 2.52 bits per heavy atom. The zero-order valence-electron chi connectivity index (χ0n) is 14.2. The Bertz CT molecular complexity index is 702. The first-order chi connectivity index (χ1) is 11.8. The van der Waals surface area contributed by atoms with Gasteiger partial charge in [0, 0.05) is 29.8 Å². The Balaban J connectivity index is 1.90. The van der Waals surface area contributed by atoms with Gasteiger partial charge in [-0.1, -0.05) is 0 Å². The third kappa shape index (κ3) is 5.96. The van der Waals surface area contributed by atoms with Crippen LogP contribution in [0.5, 0.6) is 0 Å². The summed E-state index contributed by atoms with van der Waals surface area (Å²) in [4.78, 5) is 13.6. The highest BCUT2D eigenvalue weighted by Gasteiger charge is 2.33. The number of hydrogen-bond donors (Lipinski definition) is 2. The van der Waals surface area contributed by atoms with E-state index in [0.29, 0.717) is 24.1 Å². The first-order valence-corrected chi connectivity index (χ1v) is 9.46. The minimum atomic E-state index is -4.41. The molecule has 0 unspecified atom stereocenters. The summed E-state index contributed by atoms with van der Waals surface area (Å²) in [5.74, 6) is 0.552. The maximum absolute atomic E-state index is 12.6. The summed E-state index contributed by atoms with van der Waals surface area (Å²) >= 11 is 2.63. The minimum absolute atomic E-state index is 0.103. The molecule has 10 heteroatoms. The van der Waals surface area contributed by atoms with Gasteiger partial charge < -0.3 is 10.6 Å². The Labute approximate surface area is 152 Å². The Kier molecular flexibility index (Phi) is 6.77. The molecule has 2 rings (SSSR count). The second-order valence-electron chi connectivity index (χ2n) is 5.25. The molecule has 0 aromatic carbocycles. The first-order valence-electron chi connectivity index (χ1n) is 7.76. The number of aliphatic imine (C=N–C) groups is 1. The van der Waals surface area contributed by atoms with E-state index in [1.54, 1.807) is 11.3 Å². The third-order valence-corrected chi connectivity index (χ3v) is 5.23. The average Bonchev–Trinajstić information content (AvgIpc) is 3.12. The van der Waals surface area contributed by atoms with Crippen molar-refractivity contribution in [1.29, 1.82) is 0 Å². The summed E-state index contributed by atoms with van der Waals surface area (Å²) < 4.78 is 37.7. The standard InChI is InChI=1S/C15H20F3N5S2/c1-4-19-14(20-6-5-12-22-9(2)10(3)25-12)21-7-13-23-11(8-24-13)15(16,17)18/h8H,4-7H2,1-3H3,(H2,19,20,21). The zero-order valence-corrected chi connectivity index (χ0v) is 15.8. The van der Waals surface area contributed by atoms with Crippen LogP contribution in [0.2, 0.25) is 0 Å². The number of rotatable bonds is 6. The van der Waals surface area contributed by atoms with E-state index in [-0.39, 0.29) is 6.54 Å². The van der Waals surface area contributed by atoms with Crippen LogP contribution in [0.15, 0.2) is 10.4 Å². The molecule has 0 atom stereocenters. The number of aromatic nitrogens is 2. The predicted molar refractivity (Wildman–Crippen MR) is 95.2 cm³/mol. The Hall–Kier alpha value is -1.68. The first kappa shape index (κ1) is 19.6. The van der Waals surface area contributed by atoms with E-state index >= 15 is 0 Å². The van der Waals surface area contributed by atoms with E-state index in [9.17, 15) is 13.2 Å². The van der Waals surface area contributed by atoms with Crippen LogP contribution < -0.4 is 10.6 Å². The second-order valence-corrected chi connectivity index (χ2v) is 7.48. The van der Waals surface area contributed by atoms with Crippen LogP contribution in [0.25, 0.3) is 0 Å². The molecule has 2 aromatic heterocycles. The van der Waals surface area contributed by atoms with E-state index in [1.165, 1.54) is 4.88 Å². The smallest absolute Gasteiger partial charge is 0.357 e. The topological polar surface area (TPSA) is 62.2 Å². The number of guanidine groups is 1. The monoisotopic (exact) mass is 391 g/mol. The van der Waals surface area contributed by atoms with Gasteiger partial charge in [-0.25, -0.2) is 15.0 Å². The normalized spacial score (nSPS) is 12.5. The van der Waals surface area contributed by atoms with Crippen molar-refractivity contribution in [2.45, 2.75) is 39.9 Å². The summed E-state index contributed by atoms with van der Waals surface area (Å²) in [6, 6.07) is 0. The van der Waals surface area contributed by atoms with Crippen molar-refractivity contribution in [2.75, 3.05) is 13.1 Å². The molecule has 25 heavy (non-hydrogen) atoms. The van der Waals surface area contributed by atoms with Gasteiger partial charge in [-0.3, -0.25) is 0 Å². The molecule has 0 spiro atoms. The maximum Gasteiger partial charge on any atom is 0.434 e. The fraction of sp³-hybridized carbons (Fsp3) is 0.533. The second kappa shape index (κ2) is 8.61. The van der Waals surface area contributed by atoms with Gasteiger partial charge in [0.05, 0.1) is 17.2 Å². The van der Waals surface area contributed by atoms with Crippen molar-refractivity contribution in [1.82, 2.24) is 20.6 Å². The fourth-order valence-corrected chi connectivity index (χ4v) is 3.59. The molecule has 5 nitrogen and oxygen atoms in total. The zero-order chi connectivity index (χ0) is 18.4. The van der Waals surface area contributed by atoms with Gasteiger partial charge >= 0.3 is 6.18 Å². The molecule has 2 aromatic rings. The highest BCUT2D eigenvalue weighted by Crippen LogP contribution is 2.30. The number of thiazole rings is 2. The van der Waals surface area contributed by atoms with Crippen molar-refractivity contribution in [2.24, 2.45) is 4.99 Å². The molecule has 0 radical (unpaired) electrons. The van der Waals surface area contributed by atoms with E-state index in [2.05, 4.69) is 25.6 Å². The molecule has 0 bridgehead atoms. The van der Waals surface area contributed by atoms with Gasteiger partial charge in [-0.05, 0) is 20.8 Å². The Morgan fingerprint density at radius 1 is 1.20 bits per heavy atom. The summed E-state index contributed by atoms with van der Waals surface area (Å²) in [6.07, 6.45) is -3.65.